The van der Waals surface area contributed by atoms with Crippen molar-refractivity contribution in [3.63, 3.8) is 0 Å². The van der Waals surface area contributed by atoms with E-state index in [1.54, 1.807) is 6.26 Å². The molecule has 2 N–H and O–H groups in total. The molecule has 0 aliphatic heterocycles. The fourth-order valence-electron chi connectivity index (χ4n) is 0.957. The first-order valence-corrected chi connectivity index (χ1v) is 5.20. The Morgan fingerprint density at radius 2 is 2.43 bits per heavy atom. The molecule has 4 heteroatoms. The second-order valence-corrected chi connectivity index (χ2v) is 3.62. The van der Waals surface area contributed by atoms with E-state index in [-0.39, 0.29) is 0 Å². The topological polar surface area (TPSA) is 37.2 Å². The number of hydrogen-bond acceptors (Lipinski definition) is 2. The molecule has 1 heterocycles. The van der Waals surface area contributed by atoms with Crippen LogP contribution >= 0.6 is 12.2 Å². The summed E-state index contributed by atoms with van der Waals surface area (Å²) in [6.45, 7) is 4.85. The SMILES string of the molecule is CCC(C)NC(=S)NCc1ccco1. The number of hydrogen-bond donors (Lipinski definition) is 2. The number of thiocarbonyl (C=S) groups is 1. The van der Waals surface area contributed by atoms with Gasteiger partial charge in [-0.1, -0.05) is 6.92 Å². The van der Waals surface area contributed by atoms with E-state index in [2.05, 4.69) is 24.5 Å². The Morgan fingerprint density at radius 3 is 3.00 bits per heavy atom. The third kappa shape index (κ3) is 3.79. The number of furan rings is 1. The maximum atomic E-state index is 5.17. The fraction of sp³-hybridized carbons (Fsp3) is 0.500. The number of nitrogens with one attached hydrogen (secondary N) is 2. The van der Waals surface area contributed by atoms with Gasteiger partial charge in [-0.3, -0.25) is 0 Å². The molecular formula is C10H16N2OS. The largest absolute Gasteiger partial charge is 0.467 e. The summed E-state index contributed by atoms with van der Waals surface area (Å²) >= 11 is 5.11. The average molecular weight is 212 g/mol. The predicted octanol–water partition coefficient (Wildman–Crippen LogP) is 2.04. The molecule has 78 valence electrons. The van der Waals surface area contributed by atoms with Crippen molar-refractivity contribution in [1.29, 1.82) is 0 Å². The normalized spacial score (nSPS) is 12.1. The lowest BCUT2D eigenvalue weighted by Gasteiger charge is -2.14. The lowest BCUT2D eigenvalue weighted by molar-refractivity contribution is 0.501. The summed E-state index contributed by atoms with van der Waals surface area (Å²) in [7, 11) is 0. The molecule has 1 aromatic rings. The van der Waals surface area contributed by atoms with E-state index in [4.69, 9.17) is 16.6 Å². The molecule has 0 radical (unpaired) electrons. The van der Waals surface area contributed by atoms with Crippen molar-refractivity contribution in [3.05, 3.63) is 24.2 Å². The lowest BCUT2D eigenvalue weighted by Crippen LogP contribution is -2.39. The molecule has 0 saturated carbocycles. The van der Waals surface area contributed by atoms with Crippen LogP contribution in [-0.2, 0) is 6.54 Å². The predicted molar refractivity (Wildman–Crippen MR) is 61.0 cm³/mol. The molecule has 0 saturated heterocycles. The first-order chi connectivity index (χ1) is 6.72. The first kappa shape index (κ1) is 11.0. The van der Waals surface area contributed by atoms with E-state index in [0.29, 0.717) is 17.7 Å². The molecule has 1 unspecified atom stereocenters. The molecule has 0 fully saturated rings. The summed E-state index contributed by atoms with van der Waals surface area (Å²) in [5.41, 5.74) is 0. The summed E-state index contributed by atoms with van der Waals surface area (Å²) < 4.78 is 5.17. The summed E-state index contributed by atoms with van der Waals surface area (Å²) in [6, 6.07) is 4.19. The molecule has 1 aromatic heterocycles. The molecular weight excluding hydrogens is 196 g/mol. The number of rotatable bonds is 4. The van der Waals surface area contributed by atoms with Gasteiger partial charge < -0.3 is 15.1 Å². The maximum absolute atomic E-state index is 5.17. The van der Waals surface area contributed by atoms with Gasteiger partial charge in [0.05, 0.1) is 12.8 Å². The summed E-state index contributed by atoms with van der Waals surface area (Å²) in [5.74, 6) is 0.887. The molecule has 0 amide bonds. The zero-order valence-electron chi connectivity index (χ0n) is 8.54. The quantitative estimate of drug-likeness (QED) is 0.749. The Bertz CT molecular complexity index is 272. The summed E-state index contributed by atoms with van der Waals surface area (Å²) in [5, 5.41) is 6.92. The first-order valence-electron chi connectivity index (χ1n) is 4.79. The van der Waals surface area contributed by atoms with E-state index in [9.17, 15) is 0 Å². The van der Waals surface area contributed by atoms with Gasteiger partial charge in [-0.2, -0.15) is 0 Å². The van der Waals surface area contributed by atoms with E-state index < -0.39 is 0 Å². The highest BCUT2D eigenvalue weighted by Crippen LogP contribution is 1.98. The van der Waals surface area contributed by atoms with Crippen LogP contribution in [0.25, 0.3) is 0 Å². The van der Waals surface area contributed by atoms with Crippen LogP contribution in [-0.4, -0.2) is 11.2 Å². The fourth-order valence-corrected chi connectivity index (χ4v) is 1.23. The van der Waals surface area contributed by atoms with Gasteiger partial charge in [0.15, 0.2) is 5.11 Å². The average Bonchev–Trinajstić information content (AvgIpc) is 2.67. The van der Waals surface area contributed by atoms with Crippen molar-refractivity contribution in [1.82, 2.24) is 10.6 Å². The van der Waals surface area contributed by atoms with Crippen molar-refractivity contribution >= 4 is 17.3 Å². The third-order valence-electron chi connectivity index (χ3n) is 1.99. The Kier molecular flexibility index (Phi) is 4.46. The van der Waals surface area contributed by atoms with Crippen LogP contribution in [0, 0.1) is 0 Å². The molecule has 0 spiro atoms. The van der Waals surface area contributed by atoms with Crippen LogP contribution in [0.15, 0.2) is 22.8 Å². The van der Waals surface area contributed by atoms with E-state index in [1.165, 1.54) is 0 Å². The second-order valence-electron chi connectivity index (χ2n) is 3.22. The smallest absolute Gasteiger partial charge is 0.166 e. The molecule has 0 bridgehead atoms. The van der Waals surface area contributed by atoms with Crippen LogP contribution in [0.2, 0.25) is 0 Å². The molecule has 14 heavy (non-hydrogen) atoms. The maximum Gasteiger partial charge on any atom is 0.166 e. The van der Waals surface area contributed by atoms with Gasteiger partial charge >= 0.3 is 0 Å². The highest BCUT2D eigenvalue weighted by molar-refractivity contribution is 7.80. The molecule has 1 atom stereocenters. The summed E-state index contributed by atoms with van der Waals surface area (Å²) in [4.78, 5) is 0. The van der Waals surface area contributed by atoms with Crippen molar-refractivity contribution in [2.24, 2.45) is 0 Å². The van der Waals surface area contributed by atoms with Crippen LogP contribution < -0.4 is 10.6 Å². The molecule has 3 nitrogen and oxygen atoms in total. The van der Waals surface area contributed by atoms with Gasteiger partial charge in [0.25, 0.3) is 0 Å². The van der Waals surface area contributed by atoms with Crippen molar-refractivity contribution in [2.45, 2.75) is 32.9 Å². The van der Waals surface area contributed by atoms with Gasteiger partial charge in [-0.25, -0.2) is 0 Å². The minimum atomic E-state index is 0.409. The van der Waals surface area contributed by atoms with E-state index in [0.717, 1.165) is 12.2 Å². The van der Waals surface area contributed by atoms with Gasteiger partial charge in [0, 0.05) is 6.04 Å². The van der Waals surface area contributed by atoms with Gasteiger partial charge in [0.2, 0.25) is 0 Å². The van der Waals surface area contributed by atoms with Gasteiger partial charge in [-0.15, -0.1) is 0 Å². The monoisotopic (exact) mass is 212 g/mol. The van der Waals surface area contributed by atoms with Crippen LogP contribution in [0.3, 0.4) is 0 Å². The van der Waals surface area contributed by atoms with Gasteiger partial charge in [0.1, 0.15) is 5.76 Å². The van der Waals surface area contributed by atoms with Crippen LogP contribution in [0.1, 0.15) is 26.0 Å². The van der Waals surface area contributed by atoms with Crippen molar-refractivity contribution in [2.75, 3.05) is 0 Å². The zero-order valence-corrected chi connectivity index (χ0v) is 9.36. The second kappa shape index (κ2) is 5.65. The third-order valence-corrected chi connectivity index (χ3v) is 2.26. The Labute approximate surface area is 89.9 Å². The lowest BCUT2D eigenvalue weighted by atomic mass is 10.3. The van der Waals surface area contributed by atoms with Crippen LogP contribution in [0.5, 0.6) is 0 Å². The van der Waals surface area contributed by atoms with Crippen LogP contribution in [0.4, 0.5) is 0 Å². The van der Waals surface area contributed by atoms with Gasteiger partial charge in [-0.05, 0) is 37.7 Å². The Balaban J connectivity index is 2.22. The van der Waals surface area contributed by atoms with Crippen molar-refractivity contribution in [3.8, 4) is 0 Å². The summed E-state index contributed by atoms with van der Waals surface area (Å²) in [6.07, 6.45) is 2.71. The zero-order chi connectivity index (χ0) is 10.4. The molecule has 0 aliphatic carbocycles. The highest BCUT2D eigenvalue weighted by Gasteiger charge is 2.01. The molecule has 0 aliphatic rings. The standard InChI is InChI=1S/C10H16N2OS/c1-3-8(2)12-10(14)11-7-9-5-4-6-13-9/h4-6,8H,3,7H2,1-2H3,(H2,11,12,14). The van der Waals surface area contributed by atoms with E-state index >= 15 is 0 Å². The van der Waals surface area contributed by atoms with E-state index in [1.807, 2.05) is 12.1 Å². The molecule has 0 aromatic carbocycles. The Hall–Kier alpha value is -1.03. The minimum absolute atomic E-state index is 0.409. The Morgan fingerprint density at radius 1 is 1.64 bits per heavy atom. The van der Waals surface area contributed by atoms with Crippen molar-refractivity contribution < 1.29 is 4.42 Å². The highest BCUT2D eigenvalue weighted by atomic mass is 32.1. The minimum Gasteiger partial charge on any atom is -0.467 e. The molecule has 1 rings (SSSR count).